The van der Waals surface area contributed by atoms with Crippen LogP contribution < -0.4 is 15.1 Å². The first-order valence-corrected chi connectivity index (χ1v) is 10.1. The summed E-state index contributed by atoms with van der Waals surface area (Å²) in [6.45, 7) is 3.28. The van der Waals surface area contributed by atoms with Crippen LogP contribution in [0.5, 0.6) is 0 Å². The third kappa shape index (κ3) is 3.01. The van der Waals surface area contributed by atoms with E-state index >= 15 is 8.78 Å². The van der Waals surface area contributed by atoms with Crippen LogP contribution in [0.25, 0.3) is 0 Å². The maximum Gasteiger partial charge on any atom is 0.414 e. The zero-order chi connectivity index (χ0) is 21.1. The lowest BCUT2D eigenvalue weighted by atomic mass is 10.00. The molecular weight excluding hydrogens is 400 g/mol. The van der Waals surface area contributed by atoms with Gasteiger partial charge in [-0.15, -0.1) is 0 Å². The number of anilines is 2. The Bertz CT molecular complexity index is 877. The van der Waals surface area contributed by atoms with Crippen LogP contribution in [0, 0.1) is 17.0 Å². The molecule has 5 rings (SSSR count). The van der Waals surface area contributed by atoms with Crippen molar-refractivity contribution in [3.8, 4) is 0 Å². The molecular formula is C20H23F2N3O5. The summed E-state index contributed by atoms with van der Waals surface area (Å²) in [5, 5.41) is 2.57. The molecule has 8 nitrogen and oxygen atoms in total. The zero-order valence-electron chi connectivity index (χ0n) is 16.6. The maximum atomic E-state index is 15.0. The third-order valence-electron chi connectivity index (χ3n) is 6.39. The van der Waals surface area contributed by atoms with Crippen LogP contribution in [-0.4, -0.2) is 63.3 Å². The van der Waals surface area contributed by atoms with E-state index in [1.54, 1.807) is 4.90 Å². The van der Waals surface area contributed by atoms with E-state index in [2.05, 4.69) is 5.32 Å². The van der Waals surface area contributed by atoms with Crippen LogP contribution in [0.15, 0.2) is 12.1 Å². The number of nitrogens with zero attached hydrogens (tertiary/aromatic N) is 2. The highest BCUT2D eigenvalue weighted by molar-refractivity contribution is 5.90. The largest absolute Gasteiger partial charge is 0.442 e. The number of hydrogen-bond donors (Lipinski definition) is 1. The molecule has 4 aliphatic rings. The summed E-state index contributed by atoms with van der Waals surface area (Å²) in [6.07, 6.45) is 0.513. The van der Waals surface area contributed by atoms with Gasteiger partial charge in [-0.25, -0.2) is 13.6 Å². The van der Waals surface area contributed by atoms with E-state index in [0.29, 0.717) is 19.8 Å². The van der Waals surface area contributed by atoms with Crippen molar-refractivity contribution in [2.75, 3.05) is 49.2 Å². The quantitative estimate of drug-likeness (QED) is 0.795. The molecule has 30 heavy (non-hydrogen) atoms. The van der Waals surface area contributed by atoms with Gasteiger partial charge >= 0.3 is 6.09 Å². The summed E-state index contributed by atoms with van der Waals surface area (Å²) in [5.41, 5.74) is -0.271. The van der Waals surface area contributed by atoms with Crippen LogP contribution in [0.4, 0.5) is 25.0 Å². The first kappa shape index (κ1) is 19.5. The van der Waals surface area contributed by atoms with E-state index in [4.69, 9.17) is 14.2 Å². The fourth-order valence-corrected chi connectivity index (χ4v) is 4.77. The Morgan fingerprint density at radius 2 is 1.87 bits per heavy atom. The standard InChI is InChI=1S/C20H23F2N3O5/c1-12(26)23-8-14-9-25(18(27)30-14)13-6-15(21)17(16(22)7-13)24-10-19(2-3-19)20(11-24)28-4-5-29-20/h6-7,14H,2-5,8-11H2,1H3,(H,23,26)/t14-/m0/s1. The van der Waals surface area contributed by atoms with Crippen molar-refractivity contribution >= 4 is 23.4 Å². The van der Waals surface area contributed by atoms with Gasteiger partial charge in [-0.1, -0.05) is 0 Å². The van der Waals surface area contributed by atoms with Crippen molar-refractivity contribution in [2.24, 2.45) is 5.41 Å². The van der Waals surface area contributed by atoms with E-state index in [1.807, 2.05) is 0 Å². The predicted molar refractivity (Wildman–Crippen MR) is 101 cm³/mol. The van der Waals surface area contributed by atoms with Gasteiger partial charge in [-0.2, -0.15) is 0 Å². The summed E-state index contributed by atoms with van der Waals surface area (Å²) < 4.78 is 47.0. The third-order valence-corrected chi connectivity index (χ3v) is 6.39. The number of cyclic esters (lactones) is 1. The first-order valence-electron chi connectivity index (χ1n) is 10.1. The minimum Gasteiger partial charge on any atom is -0.442 e. The molecule has 0 aromatic heterocycles. The van der Waals surface area contributed by atoms with E-state index in [1.165, 1.54) is 11.8 Å². The Balaban J connectivity index is 1.36. The fraction of sp³-hybridized carbons (Fsp3) is 0.600. The Hall–Kier alpha value is -2.46. The fourth-order valence-electron chi connectivity index (χ4n) is 4.77. The number of fused-ring (bicyclic) bond motifs is 1. The zero-order valence-corrected chi connectivity index (χ0v) is 16.6. The van der Waals surface area contributed by atoms with Crippen LogP contribution in [0.1, 0.15) is 19.8 Å². The molecule has 162 valence electrons. The number of nitrogens with one attached hydrogen (secondary N) is 1. The smallest absolute Gasteiger partial charge is 0.414 e. The average Bonchev–Trinajstić information content (AvgIpc) is 3.03. The second kappa shape index (κ2) is 6.78. The molecule has 0 unspecified atom stereocenters. The van der Waals surface area contributed by atoms with Gasteiger partial charge in [0, 0.05) is 31.0 Å². The molecule has 1 N–H and O–H groups in total. The van der Waals surface area contributed by atoms with Gasteiger partial charge in [0.05, 0.1) is 38.5 Å². The van der Waals surface area contributed by atoms with Gasteiger partial charge in [-0.05, 0) is 12.8 Å². The van der Waals surface area contributed by atoms with Crippen LogP contribution >= 0.6 is 0 Å². The lowest BCUT2D eigenvalue weighted by Crippen LogP contribution is -2.40. The van der Waals surface area contributed by atoms with Crippen molar-refractivity contribution in [3.05, 3.63) is 23.8 Å². The molecule has 2 amide bonds. The number of rotatable bonds is 4. The molecule has 3 saturated heterocycles. The molecule has 1 saturated carbocycles. The minimum atomic E-state index is -0.791. The average molecular weight is 423 g/mol. The molecule has 0 radical (unpaired) electrons. The van der Waals surface area contributed by atoms with Crippen molar-refractivity contribution < 1.29 is 32.6 Å². The molecule has 1 aliphatic carbocycles. The maximum absolute atomic E-state index is 15.0. The number of halogens is 2. The number of benzene rings is 1. The van der Waals surface area contributed by atoms with Crippen molar-refractivity contribution in [1.29, 1.82) is 0 Å². The van der Waals surface area contributed by atoms with E-state index < -0.39 is 29.6 Å². The number of ether oxygens (including phenoxy) is 3. The molecule has 3 aliphatic heterocycles. The summed E-state index contributed by atoms with van der Waals surface area (Å²) in [5.74, 6) is -2.55. The predicted octanol–water partition coefficient (Wildman–Crippen LogP) is 1.77. The SMILES string of the molecule is CC(=O)NC[C@H]1CN(c2cc(F)c(N3CC4(CC4)C4(C3)OCCO4)c(F)c2)C(=O)O1. The topological polar surface area (TPSA) is 80.3 Å². The highest BCUT2D eigenvalue weighted by Crippen LogP contribution is 2.62. The lowest BCUT2D eigenvalue weighted by Gasteiger charge is -2.28. The molecule has 1 aromatic carbocycles. The Morgan fingerprint density at radius 3 is 2.47 bits per heavy atom. The van der Waals surface area contributed by atoms with Gasteiger partial charge in [-0.3, -0.25) is 9.69 Å². The lowest BCUT2D eigenvalue weighted by molar-refractivity contribution is -0.178. The second-order valence-corrected chi connectivity index (χ2v) is 8.40. The van der Waals surface area contributed by atoms with Crippen LogP contribution in [0.2, 0.25) is 0 Å². The second-order valence-electron chi connectivity index (χ2n) is 8.40. The summed E-state index contributed by atoms with van der Waals surface area (Å²) in [6, 6.07) is 2.28. The van der Waals surface area contributed by atoms with Gasteiger partial charge in [0.2, 0.25) is 5.91 Å². The molecule has 10 heteroatoms. The highest BCUT2D eigenvalue weighted by atomic mass is 19.1. The molecule has 0 bridgehead atoms. The number of carbonyl (C=O) groups excluding carboxylic acids is 2. The highest BCUT2D eigenvalue weighted by Gasteiger charge is 2.68. The van der Waals surface area contributed by atoms with E-state index in [9.17, 15) is 9.59 Å². The van der Waals surface area contributed by atoms with Crippen LogP contribution in [0.3, 0.4) is 0 Å². The Morgan fingerprint density at radius 1 is 1.20 bits per heavy atom. The van der Waals surface area contributed by atoms with Gasteiger partial charge in [0.1, 0.15) is 11.8 Å². The summed E-state index contributed by atoms with van der Waals surface area (Å²) in [7, 11) is 0. The van der Waals surface area contributed by atoms with Crippen LogP contribution in [-0.2, 0) is 19.0 Å². The van der Waals surface area contributed by atoms with Gasteiger partial charge < -0.3 is 24.4 Å². The van der Waals surface area contributed by atoms with Crippen molar-refractivity contribution in [2.45, 2.75) is 31.7 Å². The molecule has 4 fully saturated rings. The van der Waals surface area contributed by atoms with Gasteiger partial charge in [0.15, 0.2) is 17.4 Å². The number of hydrogen-bond acceptors (Lipinski definition) is 6. The molecule has 3 heterocycles. The number of amides is 2. The minimum absolute atomic E-state index is 0.0764. The molecule has 1 aromatic rings. The normalized spacial score (nSPS) is 26.0. The monoisotopic (exact) mass is 423 g/mol. The van der Waals surface area contributed by atoms with Gasteiger partial charge in [0.25, 0.3) is 0 Å². The Kier molecular flexibility index (Phi) is 4.41. The van der Waals surface area contributed by atoms with E-state index in [-0.39, 0.29) is 42.3 Å². The van der Waals surface area contributed by atoms with Crippen molar-refractivity contribution in [1.82, 2.24) is 5.32 Å². The number of carbonyl (C=O) groups is 2. The molecule has 1 atom stereocenters. The molecule has 2 spiro atoms. The van der Waals surface area contributed by atoms with Crippen molar-refractivity contribution in [3.63, 3.8) is 0 Å². The summed E-state index contributed by atoms with van der Waals surface area (Å²) >= 11 is 0. The first-order chi connectivity index (χ1) is 14.3. The summed E-state index contributed by atoms with van der Waals surface area (Å²) in [4.78, 5) is 26.0. The van der Waals surface area contributed by atoms with E-state index in [0.717, 1.165) is 25.0 Å². The Labute approximate surface area is 172 Å².